The van der Waals surface area contributed by atoms with Gasteiger partial charge < -0.3 is 9.47 Å². The van der Waals surface area contributed by atoms with Gasteiger partial charge >= 0.3 is 5.97 Å². The third kappa shape index (κ3) is 5.90. The zero-order chi connectivity index (χ0) is 24.1. The van der Waals surface area contributed by atoms with Gasteiger partial charge in [0.15, 0.2) is 17.4 Å². The lowest BCUT2D eigenvalue weighted by Crippen LogP contribution is -2.35. The van der Waals surface area contributed by atoms with Crippen LogP contribution in [0.3, 0.4) is 0 Å². The molecule has 4 rings (SSSR count). The van der Waals surface area contributed by atoms with Gasteiger partial charge in [-0.1, -0.05) is 24.8 Å². The summed E-state index contributed by atoms with van der Waals surface area (Å²) in [5.74, 6) is 1.07. The van der Waals surface area contributed by atoms with Gasteiger partial charge in [0, 0.05) is 12.1 Å². The number of allylic oxidation sites excluding steroid dienone is 2. The van der Waals surface area contributed by atoms with Crippen LogP contribution in [0.4, 0.5) is 8.78 Å². The molecule has 3 aliphatic carbocycles. The Labute approximate surface area is 202 Å². The van der Waals surface area contributed by atoms with Crippen LogP contribution < -0.4 is 9.47 Å². The van der Waals surface area contributed by atoms with Gasteiger partial charge in [-0.05, 0) is 101 Å². The van der Waals surface area contributed by atoms with Gasteiger partial charge in [-0.15, -0.1) is 0 Å². The highest BCUT2D eigenvalue weighted by Crippen LogP contribution is 2.49. The van der Waals surface area contributed by atoms with E-state index in [9.17, 15) is 13.6 Å². The number of ether oxygens (including phenoxy) is 2. The van der Waals surface area contributed by atoms with Gasteiger partial charge in [0.25, 0.3) is 0 Å². The molecule has 0 bridgehead atoms. The van der Waals surface area contributed by atoms with E-state index < -0.39 is 17.4 Å². The molecule has 5 heteroatoms. The van der Waals surface area contributed by atoms with Gasteiger partial charge in [0.2, 0.25) is 0 Å². The Morgan fingerprint density at radius 1 is 0.941 bits per heavy atom. The molecule has 3 fully saturated rings. The van der Waals surface area contributed by atoms with E-state index >= 15 is 0 Å². The van der Waals surface area contributed by atoms with Gasteiger partial charge in [-0.2, -0.15) is 0 Å². The van der Waals surface area contributed by atoms with Crippen molar-refractivity contribution in [3.8, 4) is 11.5 Å². The van der Waals surface area contributed by atoms with Crippen LogP contribution >= 0.6 is 0 Å². The maximum Gasteiger partial charge on any atom is 0.314 e. The van der Waals surface area contributed by atoms with Gasteiger partial charge in [-0.3, -0.25) is 4.79 Å². The molecule has 0 aliphatic heterocycles. The average Bonchev–Trinajstić information content (AvgIpc) is 2.83. The Kier molecular flexibility index (Phi) is 8.44. The number of benzene rings is 1. The number of rotatable bonds is 7. The molecule has 4 unspecified atom stereocenters. The Hall–Kier alpha value is -2.17. The van der Waals surface area contributed by atoms with E-state index in [1.807, 2.05) is 0 Å². The molecular formula is C29H38F2O3. The topological polar surface area (TPSA) is 35.5 Å². The monoisotopic (exact) mass is 472 g/mol. The zero-order valence-corrected chi connectivity index (χ0v) is 20.3. The molecule has 186 valence electrons. The van der Waals surface area contributed by atoms with Crippen molar-refractivity contribution in [2.75, 3.05) is 6.61 Å². The van der Waals surface area contributed by atoms with Crippen LogP contribution in [0.15, 0.2) is 36.9 Å². The number of halogens is 2. The lowest BCUT2D eigenvalue weighted by atomic mass is 9.61. The number of esters is 1. The number of carbonyl (C=O) groups is 1. The molecule has 0 N–H and O–H groups in total. The molecule has 0 spiro atoms. The number of fused-ring (bicyclic) bond motifs is 1. The standard InChI is InChI=1S/C29H38F2O3/c1-3-5-19-6-7-24-16-23(13-12-22(24)15-19)20-8-10-21(11-9-20)29(32)34-25-17-26(30)28(27(31)18-25)33-14-4-2/h3-5,17-24H,2,6-16H2,1H3/b5-3+. The second kappa shape index (κ2) is 11.5. The average molecular weight is 473 g/mol. The summed E-state index contributed by atoms with van der Waals surface area (Å²) in [6, 6.07) is 2.02. The SMILES string of the molecule is C=CCOc1c(F)cc(OC(=O)C2CCC(C3CCC4CC(/C=C/C)CCC4C3)CC2)cc1F. The van der Waals surface area contributed by atoms with Gasteiger partial charge in [-0.25, -0.2) is 8.78 Å². The third-order valence-electron chi connectivity index (χ3n) is 8.47. The van der Waals surface area contributed by atoms with E-state index in [0.717, 1.165) is 61.5 Å². The highest BCUT2D eigenvalue weighted by Gasteiger charge is 2.39. The highest BCUT2D eigenvalue weighted by atomic mass is 19.1. The van der Waals surface area contributed by atoms with Crippen molar-refractivity contribution in [1.82, 2.24) is 0 Å². The molecule has 1 aromatic carbocycles. The first-order valence-corrected chi connectivity index (χ1v) is 13.1. The molecule has 34 heavy (non-hydrogen) atoms. The molecule has 3 aliphatic rings. The number of hydrogen-bond donors (Lipinski definition) is 0. The van der Waals surface area contributed by atoms with Crippen molar-refractivity contribution in [2.24, 2.45) is 35.5 Å². The summed E-state index contributed by atoms with van der Waals surface area (Å²) in [4.78, 5) is 12.7. The van der Waals surface area contributed by atoms with Crippen molar-refractivity contribution in [3.63, 3.8) is 0 Å². The van der Waals surface area contributed by atoms with Crippen molar-refractivity contribution in [3.05, 3.63) is 48.6 Å². The molecule has 0 aromatic heterocycles. The molecule has 3 saturated carbocycles. The molecular weight excluding hydrogens is 434 g/mol. The summed E-state index contributed by atoms with van der Waals surface area (Å²) >= 11 is 0. The van der Waals surface area contributed by atoms with E-state index in [-0.39, 0.29) is 24.2 Å². The molecule has 0 heterocycles. The molecule has 4 atom stereocenters. The summed E-state index contributed by atoms with van der Waals surface area (Å²) in [6.45, 7) is 5.59. The van der Waals surface area contributed by atoms with Crippen LogP contribution in [-0.2, 0) is 4.79 Å². The number of hydrogen-bond acceptors (Lipinski definition) is 3. The molecule has 3 nitrogen and oxygen atoms in total. The summed E-state index contributed by atoms with van der Waals surface area (Å²) in [5, 5.41) is 0. The minimum atomic E-state index is -0.885. The highest BCUT2D eigenvalue weighted by molar-refractivity contribution is 5.75. The van der Waals surface area contributed by atoms with E-state index in [1.165, 1.54) is 44.6 Å². The van der Waals surface area contributed by atoms with Crippen LogP contribution in [0.5, 0.6) is 11.5 Å². The van der Waals surface area contributed by atoms with Crippen molar-refractivity contribution in [1.29, 1.82) is 0 Å². The normalized spacial score (nSPS) is 31.6. The second-order valence-electron chi connectivity index (χ2n) is 10.5. The number of carbonyl (C=O) groups excluding carboxylic acids is 1. The van der Waals surface area contributed by atoms with E-state index in [4.69, 9.17) is 9.47 Å². The predicted molar refractivity (Wildman–Crippen MR) is 130 cm³/mol. The van der Waals surface area contributed by atoms with Crippen LogP contribution in [0, 0.1) is 47.1 Å². The molecule has 0 saturated heterocycles. The zero-order valence-electron chi connectivity index (χ0n) is 20.3. The Balaban J connectivity index is 1.26. The smallest absolute Gasteiger partial charge is 0.314 e. The molecule has 0 radical (unpaired) electrons. The first-order valence-electron chi connectivity index (χ1n) is 13.1. The minimum absolute atomic E-state index is 0.00463. The summed E-state index contributed by atoms with van der Waals surface area (Å²) in [7, 11) is 0. The first-order chi connectivity index (χ1) is 16.5. The quantitative estimate of drug-likeness (QED) is 0.232. The van der Waals surface area contributed by atoms with E-state index in [2.05, 4.69) is 25.7 Å². The third-order valence-corrected chi connectivity index (χ3v) is 8.47. The van der Waals surface area contributed by atoms with E-state index in [0.29, 0.717) is 5.92 Å². The molecule has 1 aromatic rings. The second-order valence-corrected chi connectivity index (χ2v) is 10.5. The van der Waals surface area contributed by atoms with Crippen molar-refractivity contribution < 1.29 is 23.0 Å². The Morgan fingerprint density at radius 3 is 2.18 bits per heavy atom. The van der Waals surface area contributed by atoms with E-state index in [1.54, 1.807) is 0 Å². The van der Waals surface area contributed by atoms with Gasteiger partial charge in [0.05, 0.1) is 5.92 Å². The summed E-state index contributed by atoms with van der Waals surface area (Å²) in [6.07, 6.45) is 17.8. The van der Waals surface area contributed by atoms with Gasteiger partial charge in [0.1, 0.15) is 12.4 Å². The Morgan fingerprint density at radius 2 is 1.53 bits per heavy atom. The predicted octanol–water partition coefficient (Wildman–Crippen LogP) is 7.65. The molecule has 0 amide bonds. The van der Waals surface area contributed by atoms with Crippen LogP contribution in [-0.4, -0.2) is 12.6 Å². The maximum atomic E-state index is 14.2. The fourth-order valence-corrected chi connectivity index (χ4v) is 6.74. The fourth-order valence-electron chi connectivity index (χ4n) is 6.74. The minimum Gasteiger partial charge on any atom is -0.483 e. The maximum absolute atomic E-state index is 14.2. The largest absolute Gasteiger partial charge is 0.483 e. The summed E-state index contributed by atoms with van der Waals surface area (Å²) < 4.78 is 38.7. The fraction of sp³-hybridized carbons (Fsp3) is 0.621. The lowest BCUT2D eigenvalue weighted by molar-refractivity contribution is -0.140. The van der Waals surface area contributed by atoms with Crippen LogP contribution in [0.2, 0.25) is 0 Å². The van der Waals surface area contributed by atoms with Crippen LogP contribution in [0.25, 0.3) is 0 Å². The van der Waals surface area contributed by atoms with Crippen molar-refractivity contribution in [2.45, 2.75) is 71.1 Å². The Bertz CT molecular complexity index is 864. The lowest BCUT2D eigenvalue weighted by Gasteiger charge is -2.45. The first kappa shape index (κ1) is 24.9. The van der Waals surface area contributed by atoms with Crippen molar-refractivity contribution >= 4 is 5.97 Å². The van der Waals surface area contributed by atoms with Crippen LogP contribution in [0.1, 0.15) is 71.1 Å². The summed E-state index contributed by atoms with van der Waals surface area (Å²) in [5.41, 5.74) is 0.